The number of ether oxygens (including phenoxy) is 2. The number of carbonyl (C=O) groups excluding carboxylic acids is 1. The van der Waals surface area contributed by atoms with Crippen molar-refractivity contribution in [3.05, 3.63) is 64.2 Å². The minimum atomic E-state index is -2.07. The number of rotatable bonds is 13. The first-order valence-corrected chi connectivity index (χ1v) is 18.4. The second kappa shape index (κ2) is 14.0. The molecule has 1 radical (unpaired) electrons. The van der Waals surface area contributed by atoms with Crippen LogP contribution in [0.3, 0.4) is 0 Å². The molecule has 237 valence electrons. The van der Waals surface area contributed by atoms with Gasteiger partial charge in [0, 0.05) is 54.2 Å². The van der Waals surface area contributed by atoms with Crippen LogP contribution in [0.2, 0.25) is 23.2 Å². The Balaban J connectivity index is 1.68. The molecule has 0 bridgehead atoms. The number of aromatic nitrogens is 3. The van der Waals surface area contributed by atoms with E-state index >= 15 is 0 Å². The normalized spacial score (nSPS) is 16.4. The highest BCUT2D eigenvalue weighted by molar-refractivity contribution is 6.74. The summed E-state index contributed by atoms with van der Waals surface area (Å²) in [7, 11) is -0.572. The fraction of sp³-hybridized carbons (Fsp3) is 0.485. The quantitative estimate of drug-likeness (QED) is 0.119. The zero-order chi connectivity index (χ0) is 33.0. The fourth-order valence-electron chi connectivity index (χ4n) is 5.02. The molecule has 0 aliphatic carbocycles. The smallest absolute Gasteiger partial charge is 0.329 e. The summed E-state index contributed by atoms with van der Waals surface area (Å²) in [6, 6.07) is 9.88. The minimum absolute atomic E-state index is 0.0433. The van der Waals surface area contributed by atoms with E-state index in [9.17, 15) is 10.1 Å². The van der Waals surface area contributed by atoms with Crippen molar-refractivity contribution in [3.8, 4) is 23.2 Å². The molecule has 1 aromatic carbocycles. The van der Waals surface area contributed by atoms with Gasteiger partial charge in [0.2, 0.25) is 5.88 Å². The van der Waals surface area contributed by atoms with Crippen LogP contribution < -0.4 is 9.55 Å². The third-order valence-corrected chi connectivity index (χ3v) is 13.2. The van der Waals surface area contributed by atoms with E-state index < -0.39 is 13.7 Å². The summed E-state index contributed by atoms with van der Waals surface area (Å²) in [6.07, 6.45) is 4.47. The van der Waals surface area contributed by atoms with Crippen LogP contribution in [0.15, 0.2) is 36.7 Å². The fourth-order valence-corrected chi connectivity index (χ4v) is 6.31. The second-order valence-corrected chi connectivity index (χ2v) is 18.7. The van der Waals surface area contributed by atoms with Gasteiger partial charge >= 0.3 is 7.41 Å². The maximum atomic E-state index is 11.6. The predicted octanol–water partition coefficient (Wildman–Crippen LogP) is 6.37. The van der Waals surface area contributed by atoms with Crippen molar-refractivity contribution in [2.45, 2.75) is 77.6 Å². The number of hydrogen-bond acceptors (Lipinski definition) is 9. The summed E-state index contributed by atoms with van der Waals surface area (Å²) >= 11 is 6.29. The molecule has 0 amide bonds. The Morgan fingerprint density at radius 3 is 2.64 bits per heavy atom. The Morgan fingerprint density at radius 1 is 1.22 bits per heavy atom. The monoisotopic (exact) mass is 646 g/mol. The van der Waals surface area contributed by atoms with Crippen LogP contribution in [0, 0.1) is 11.3 Å². The summed E-state index contributed by atoms with van der Waals surface area (Å²) in [4.78, 5) is 27.2. The van der Waals surface area contributed by atoms with E-state index in [0.29, 0.717) is 60.8 Å². The molecule has 9 nitrogen and oxygen atoms in total. The van der Waals surface area contributed by atoms with Crippen LogP contribution in [0.5, 0.6) is 5.88 Å². The highest BCUT2D eigenvalue weighted by Crippen LogP contribution is 2.46. The molecule has 0 spiro atoms. The number of nitriles is 1. The molecule has 0 unspecified atom stereocenters. The van der Waals surface area contributed by atoms with E-state index in [1.54, 1.807) is 18.5 Å². The van der Waals surface area contributed by atoms with Crippen LogP contribution in [-0.4, -0.2) is 69.3 Å². The third-order valence-electron chi connectivity index (χ3n) is 8.50. The van der Waals surface area contributed by atoms with Crippen LogP contribution in [0.4, 0.5) is 5.69 Å². The Hall–Kier alpha value is -3.30. The average molecular weight is 647 g/mol. The van der Waals surface area contributed by atoms with E-state index in [-0.39, 0.29) is 11.1 Å². The number of fused-ring (bicyclic) bond motifs is 1. The summed E-state index contributed by atoms with van der Waals surface area (Å²) in [5.41, 5.74) is 3.91. The molecular formula is C33H42BClN5O4Si. The van der Waals surface area contributed by atoms with E-state index in [4.69, 9.17) is 30.5 Å². The number of anilines is 1. The lowest BCUT2D eigenvalue weighted by atomic mass is 9.83. The number of nitrogens with zero attached hydrogens (tertiary/aromatic N) is 5. The molecule has 45 heavy (non-hydrogen) atoms. The van der Waals surface area contributed by atoms with Gasteiger partial charge in [0.25, 0.3) is 0 Å². The van der Waals surface area contributed by atoms with Crippen molar-refractivity contribution >= 4 is 39.2 Å². The molecule has 4 rings (SSSR count). The highest BCUT2D eigenvalue weighted by atomic mass is 35.5. The first-order valence-electron chi connectivity index (χ1n) is 15.2. The maximum Gasteiger partial charge on any atom is 0.329 e. The summed E-state index contributed by atoms with van der Waals surface area (Å²) in [6.45, 7) is 19.0. The predicted molar refractivity (Wildman–Crippen MR) is 181 cm³/mol. The van der Waals surface area contributed by atoms with Crippen molar-refractivity contribution in [1.29, 1.82) is 5.26 Å². The summed E-state index contributed by atoms with van der Waals surface area (Å²) in [5, 5.41) is 10.8. The Morgan fingerprint density at radius 2 is 1.98 bits per heavy atom. The van der Waals surface area contributed by atoms with Gasteiger partial charge in [-0.3, -0.25) is 0 Å². The molecular weight excluding hydrogens is 605 g/mol. The van der Waals surface area contributed by atoms with Gasteiger partial charge in [-0.15, -0.1) is 0 Å². The lowest BCUT2D eigenvalue weighted by Gasteiger charge is -2.39. The molecule has 3 heterocycles. The first-order chi connectivity index (χ1) is 21.2. The topological polar surface area (TPSA) is 110 Å². The highest BCUT2D eigenvalue weighted by Gasteiger charge is 2.44. The van der Waals surface area contributed by atoms with Gasteiger partial charge < -0.3 is 23.5 Å². The Kier molecular flexibility index (Phi) is 10.8. The standard InChI is InChI=1S/C33H42BClN5O4Si/c1-22(2)42-11-12-43-31-24(14-26(35)18-38-31)16-29-37-10-9-28(39-29)23-13-25(17-36)30-27(15-23)33(6,19-40(30)34-21-41)20-44-45(7,8)32(3,4)5/h9-10,13-15,18,21-22H,11-12,16,19-20H2,1-8H3/t33-/m1/s1. The first kappa shape index (κ1) is 34.6. The zero-order valence-corrected chi connectivity index (χ0v) is 29.2. The van der Waals surface area contributed by atoms with Gasteiger partial charge in [-0.25, -0.2) is 15.0 Å². The van der Waals surface area contributed by atoms with Crippen LogP contribution in [0.25, 0.3) is 11.3 Å². The number of benzene rings is 1. The molecule has 1 atom stereocenters. The lowest BCUT2D eigenvalue weighted by molar-refractivity contribution is 0.0540. The molecule has 0 fully saturated rings. The van der Waals surface area contributed by atoms with Crippen molar-refractivity contribution in [3.63, 3.8) is 0 Å². The van der Waals surface area contributed by atoms with Gasteiger partial charge in [0.1, 0.15) is 24.7 Å². The van der Waals surface area contributed by atoms with Crippen molar-refractivity contribution < 1.29 is 18.7 Å². The van der Waals surface area contributed by atoms with E-state index in [1.165, 1.54) is 7.41 Å². The Bertz CT molecular complexity index is 1580. The van der Waals surface area contributed by atoms with Crippen molar-refractivity contribution in [1.82, 2.24) is 15.0 Å². The molecule has 1 aliphatic heterocycles. The molecule has 0 saturated heterocycles. The number of hydrogen-bond donors (Lipinski definition) is 0. The molecule has 0 saturated carbocycles. The third kappa shape index (κ3) is 8.11. The minimum Gasteiger partial charge on any atom is -0.475 e. The SMILES string of the molecule is CC(C)OCCOc1ncc(Cl)cc1Cc1nccc(-c2cc(C#N)c3c(c2)[C@@](C)(CO[Si](C)(C)C(C)(C)C)CN3[B]C=O)n1. The average Bonchev–Trinajstić information content (AvgIpc) is 3.26. The number of pyridine rings is 1. The number of carbonyl (C=O) groups is 1. The van der Waals surface area contributed by atoms with Crippen LogP contribution in [0.1, 0.15) is 64.1 Å². The summed E-state index contributed by atoms with van der Waals surface area (Å²) in [5.74, 6) is 1.01. The molecule has 1 aliphatic rings. The number of halogens is 1. The van der Waals surface area contributed by atoms with E-state index in [1.807, 2.05) is 30.8 Å². The molecule has 12 heteroatoms. The van der Waals surface area contributed by atoms with Crippen molar-refractivity contribution in [2.75, 3.05) is 31.2 Å². The van der Waals surface area contributed by atoms with Gasteiger partial charge in [0.05, 0.1) is 29.0 Å². The zero-order valence-electron chi connectivity index (χ0n) is 27.5. The maximum absolute atomic E-state index is 11.6. The van der Waals surface area contributed by atoms with Gasteiger partial charge in [-0.2, -0.15) is 5.26 Å². The van der Waals surface area contributed by atoms with Crippen LogP contribution in [-0.2, 0) is 25.8 Å². The lowest BCUT2D eigenvalue weighted by Crippen LogP contribution is -2.46. The van der Waals surface area contributed by atoms with Gasteiger partial charge in [0.15, 0.2) is 8.32 Å². The molecule has 0 N–H and O–H groups in total. The second-order valence-electron chi connectivity index (χ2n) is 13.5. The largest absolute Gasteiger partial charge is 0.475 e. The van der Waals surface area contributed by atoms with Gasteiger partial charge in [-0.05, 0) is 61.8 Å². The van der Waals surface area contributed by atoms with Crippen molar-refractivity contribution in [2.24, 2.45) is 0 Å². The molecule has 2 aromatic heterocycles. The molecule has 3 aromatic rings. The summed E-state index contributed by atoms with van der Waals surface area (Å²) < 4.78 is 18.2. The Labute approximate surface area is 273 Å². The van der Waals surface area contributed by atoms with E-state index in [0.717, 1.165) is 28.6 Å². The van der Waals surface area contributed by atoms with Crippen LogP contribution >= 0.6 is 11.6 Å². The van der Waals surface area contributed by atoms with Gasteiger partial charge in [-0.1, -0.05) is 39.3 Å². The van der Waals surface area contributed by atoms with E-state index in [2.05, 4.69) is 62.9 Å².